The predicted molar refractivity (Wildman–Crippen MR) is 72.9 cm³/mol. The third-order valence-electron chi connectivity index (χ3n) is 3.62. The predicted octanol–water partition coefficient (Wildman–Crippen LogP) is 0.393. The van der Waals surface area contributed by atoms with Crippen molar-refractivity contribution in [1.82, 2.24) is 10.2 Å². The molecule has 0 aromatic carbocycles. The lowest BCUT2D eigenvalue weighted by Gasteiger charge is -2.32. The minimum atomic E-state index is -0.804. The maximum atomic E-state index is 12.0. The Bertz CT molecular complexity index is 376. The van der Waals surface area contributed by atoms with Gasteiger partial charge in [0.2, 0.25) is 5.91 Å². The average molecular weight is 285 g/mol. The van der Waals surface area contributed by atoms with Crippen molar-refractivity contribution in [2.45, 2.75) is 39.2 Å². The van der Waals surface area contributed by atoms with Gasteiger partial charge in [0.15, 0.2) is 0 Å². The summed E-state index contributed by atoms with van der Waals surface area (Å²) < 4.78 is 0. The molecule has 1 fully saturated rings. The van der Waals surface area contributed by atoms with Crippen molar-refractivity contribution in [3.8, 4) is 0 Å². The highest BCUT2D eigenvalue weighted by Gasteiger charge is 2.28. The second-order valence-corrected chi connectivity index (χ2v) is 5.60. The van der Waals surface area contributed by atoms with E-state index in [-0.39, 0.29) is 24.3 Å². The van der Waals surface area contributed by atoms with E-state index >= 15 is 0 Å². The number of hydrogen-bond donors (Lipinski definition) is 3. The van der Waals surface area contributed by atoms with Gasteiger partial charge in [-0.25, -0.2) is 4.79 Å². The van der Waals surface area contributed by atoms with Crippen molar-refractivity contribution in [3.63, 3.8) is 0 Å². The third-order valence-corrected chi connectivity index (χ3v) is 3.62. The van der Waals surface area contributed by atoms with Crippen LogP contribution in [0.25, 0.3) is 0 Å². The van der Waals surface area contributed by atoms with Gasteiger partial charge >= 0.3 is 12.0 Å². The normalized spacial score (nSPS) is 17.9. The van der Waals surface area contributed by atoms with Gasteiger partial charge in [0, 0.05) is 19.5 Å². The molecule has 0 radical (unpaired) electrons. The van der Waals surface area contributed by atoms with E-state index in [0.717, 1.165) is 0 Å². The summed E-state index contributed by atoms with van der Waals surface area (Å²) in [5.41, 5.74) is 5.25. The van der Waals surface area contributed by atoms with Gasteiger partial charge < -0.3 is 21.1 Å². The number of nitrogens with zero attached hydrogens (tertiary/aromatic N) is 1. The van der Waals surface area contributed by atoms with E-state index in [4.69, 9.17) is 10.8 Å². The Morgan fingerprint density at radius 3 is 2.25 bits per heavy atom. The van der Waals surface area contributed by atoms with Crippen LogP contribution in [0, 0.1) is 11.8 Å². The molecule has 1 saturated heterocycles. The standard InChI is InChI=1S/C13H23N3O4/c1-8(2)11(12(14)19)15-13(20)16-5-3-9(4-6-16)7-10(17)18/h8-9,11H,3-7H2,1-2H3,(H2,14,19)(H,15,20)(H,17,18). The first kappa shape index (κ1) is 16.3. The number of aliphatic carboxylic acids is 1. The van der Waals surface area contributed by atoms with Crippen LogP contribution in [0.3, 0.4) is 0 Å². The van der Waals surface area contributed by atoms with Crippen LogP contribution in [0.1, 0.15) is 33.1 Å². The number of carboxylic acids is 1. The largest absolute Gasteiger partial charge is 0.481 e. The summed E-state index contributed by atoms with van der Waals surface area (Å²) in [6, 6.07) is -0.990. The lowest BCUT2D eigenvalue weighted by Crippen LogP contribution is -2.53. The number of urea groups is 1. The summed E-state index contributed by atoms with van der Waals surface area (Å²) in [6.07, 6.45) is 1.48. The van der Waals surface area contributed by atoms with E-state index in [9.17, 15) is 14.4 Å². The molecule has 0 bridgehead atoms. The van der Waals surface area contributed by atoms with Gasteiger partial charge in [-0.2, -0.15) is 0 Å². The quantitative estimate of drug-likeness (QED) is 0.678. The van der Waals surface area contributed by atoms with Crippen molar-refractivity contribution in [3.05, 3.63) is 0 Å². The minimum absolute atomic E-state index is 0.0685. The number of carboxylic acid groups (broad SMARTS) is 1. The van der Waals surface area contributed by atoms with E-state index in [1.54, 1.807) is 4.90 Å². The van der Waals surface area contributed by atoms with Crippen LogP contribution < -0.4 is 11.1 Å². The zero-order valence-electron chi connectivity index (χ0n) is 12.0. The minimum Gasteiger partial charge on any atom is -0.481 e. The highest BCUT2D eigenvalue weighted by atomic mass is 16.4. The van der Waals surface area contributed by atoms with Crippen molar-refractivity contribution in [2.24, 2.45) is 17.6 Å². The van der Waals surface area contributed by atoms with E-state index in [0.29, 0.717) is 25.9 Å². The number of piperidine rings is 1. The maximum Gasteiger partial charge on any atom is 0.318 e. The molecule has 0 saturated carbocycles. The molecule has 4 N–H and O–H groups in total. The van der Waals surface area contributed by atoms with Gasteiger partial charge in [-0.15, -0.1) is 0 Å². The van der Waals surface area contributed by atoms with Crippen molar-refractivity contribution < 1.29 is 19.5 Å². The number of hydrogen-bond acceptors (Lipinski definition) is 3. The van der Waals surface area contributed by atoms with Crippen LogP contribution in [-0.2, 0) is 9.59 Å². The van der Waals surface area contributed by atoms with Gasteiger partial charge in [-0.05, 0) is 24.7 Å². The van der Waals surface area contributed by atoms with Crippen LogP contribution in [0.15, 0.2) is 0 Å². The lowest BCUT2D eigenvalue weighted by atomic mass is 9.94. The number of carbonyl (C=O) groups excluding carboxylic acids is 2. The monoisotopic (exact) mass is 285 g/mol. The van der Waals surface area contributed by atoms with Gasteiger partial charge in [-0.3, -0.25) is 9.59 Å². The SMILES string of the molecule is CC(C)C(NC(=O)N1CCC(CC(=O)O)CC1)C(N)=O. The smallest absolute Gasteiger partial charge is 0.318 e. The number of primary amides is 1. The molecule has 20 heavy (non-hydrogen) atoms. The molecule has 114 valence electrons. The van der Waals surface area contributed by atoms with Crippen LogP contribution in [0.4, 0.5) is 4.79 Å². The Kier molecular flexibility index (Phi) is 5.79. The van der Waals surface area contributed by atoms with Gasteiger partial charge in [-0.1, -0.05) is 13.8 Å². The lowest BCUT2D eigenvalue weighted by molar-refractivity contribution is -0.138. The van der Waals surface area contributed by atoms with Crippen LogP contribution in [-0.4, -0.2) is 47.0 Å². The fourth-order valence-corrected chi connectivity index (χ4v) is 2.38. The molecule has 1 aliphatic heterocycles. The van der Waals surface area contributed by atoms with E-state index in [1.807, 2.05) is 13.8 Å². The summed E-state index contributed by atoms with van der Waals surface area (Å²) in [6.45, 7) is 4.64. The highest BCUT2D eigenvalue weighted by molar-refractivity contribution is 5.86. The van der Waals surface area contributed by atoms with E-state index in [2.05, 4.69) is 5.32 Å². The Balaban J connectivity index is 2.46. The first-order chi connectivity index (χ1) is 9.31. The Hall–Kier alpha value is -1.79. The van der Waals surface area contributed by atoms with Crippen LogP contribution in [0.5, 0.6) is 0 Å². The molecule has 1 heterocycles. The molecule has 1 unspecified atom stereocenters. The number of carbonyl (C=O) groups is 3. The fourth-order valence-electron chi connectivity index (χ4n) is 2.38. The Morgan fingerprint density at radius 2 is 1.85 bits per heavy atom. The van der Waals surface area contributed by atoms with Crippen LogP contribution in [0.2, 0.25) is 0 Å². The number of nitrogens with one attached hydrogen (secondary N) is 1. The second kappa shape index (κ2) is 7.12. The van der Waals surface area contributed by atoms with E-state index < -0.39 is 17.9 Å². The number of nitrogens with two attached hydrogens (primary N) is 1. The van der Waals surface area contributed by atoms with Gasteiger partial charge in [0.1, 0.15) is 6.04 Å². The second-order valence-electron chi connectivity index (χ2n) is 5.60. The maximum absolute atomic E-state index is 12.0. The molecular formula is C13H23N3O4. The zero-order chi connectivity index (χ0) is 15.3. The summed E-state index contributed by atoms with van der Waals surface area (Å²) in [4.78, 5) is 35.5. The van der Waals surface area contributed by atoms with Gasteiger partial charge in [0.25, 0.3) is 0 Å². The molecule has 0 spiro atoms. The zero-order valence-corrected chi connectivity index (χ0v) is 12.0. The van der Waals surface area contributed by atoms with Crippen molar-refractivity contribution in [2.75, 3.05) is 13.1 Å². The van der Waals surface area contributed by atoms with Crippen molar-refractivity contribution >= 4 is 17.9 Å². The van der Waals surface area contributed by atoms with E-state index in [1.165, 1.54) is 0 Å². The van der Waals surface area contributed by atoms with Gasteiger partial charge in [0.05, 0.1) is 0 Å². The molecule has 7 nitrogen and oxygen atoms in total. The number of amides is 3. The van der Waals surface area contributed by atoms with Crippen LogP contribution >= 0.6 is 0 Å². The Labute approximate surface area is 118 Å². The summed E-state index contributed by atoms with van der Waals surface area (Å²) in [7, 11) is 0. The summed E-state index contributed by atoms with van der Waals surface area (Å²) in [5.74, 6) is -1.30. The molecule has 3 amide bonds. The average Bonchev–Trinajstić information content (AvgIpc) is 2.35. The first-order valence-corrected chi connectivity index (χ1v) is 6.87. The Morgan fingerprint density at radius 1 is 1.30 bits per heavy atom. The third kappa shape index (κ3) is 4.71. The molecule has 1 aliphatic rings. The molecule has 0 aliphatic carbocycles. The highest BCUT2D eigenvalue weighted by Crippen LogP contribution is 2.20. The first-order valence-electron chi connectivity index (χ1n) is 6.87. The summed E-state index contributed by atoms with van der Waals surface area (Å²) in [5, 5.41) is 11.4. The topological polar surface area (TPSA) is 113 Å². The molecule has 0 aromatic heterocycles. The molecule has 0 aromatic rings. The molecule has 7 heteroatoms. The molecular weight excluding hydrogens is 262 g/mol. The summed E-state index contributed by atoms with van der Waals surface area (Å²) >= 11 is 0. The molecule has 1 atom stereocenters. The number of rotatable bonds is 5. The molecule has 1 rings (SSSR count). The fraction of sp³-hybridized carbons (Fsp3) is 0.769. The van der Waals surface area contributed by atoms with Crippen molar-refractivity contribution in [1.29, 1.82) is 0 Å². The number of likely N-dealkylation sites (tertiary alicyclic amines) is 1.